The Morgan fingerprint density at radius 3 is 2.37 bits per heavy atom. The number of rotatable bonds is 16. The first-order valence-corrected chi connectivity index (χ1v) is 18.2. The second-order valence-corrected chi connectivity index (χ2v) is 14.7. The normalized spacial score (nSPS) is 16.3. The van der Waals surface area contributed by atoms with E-state index in [9.17, 15) is 22.0 Å². The molecule has 16 heteroatoms. The molecule has 2 N–H and O–H groups in total. The van der Waals surface area contributed by atoms with Gasteiger partial charge in [0.25, 0.3) is 0 Å². The number of likely N-dealkylation sites (N-methyl/N-ethyl adjacent to an activating group) is 1. The van der Waals surface area contributed by atoms with Crippen LogP contribution in [0, 0.1) is 5.92 Å². The first-order valence-electron chi connectivity index (χ1n) is 15.8. The zero-order chi connectivity index (χ0) is 35.1. The molecule has 1 saturated carbocycles. The summed E-state index contributed by atoms with van der Waals surface area (Å²) < 4.78 is 77.1. The zero-order valence-electron chi connectivity index (χ0n) is 27.1. The standard InChI is InChI=1S/C33H38Cl2F2N4O7S/c1-40-9-11-41(12-10-40)13-14-49(43,44)39-27-15-23(6-7-28(27)45-2)32(42)47-30(17-24-25(34)18-38-19-26(24)35)22-5-8-29(48-33(36)37)31(16-22)46-20-21-3-4-21/h5-8,15-16,18-19,21,30,33,39H,3-4,9-14,17,20H2,1-2H3/p+1/t30-/m0/s1. The summed E-state index contributed by atoms with van der Waals surface area (Å²) in [6.45, 7) is 0.850. The average molecular weight is 745 g/mol. The Labute approximate surface area is 294 Å². The van der Waals surface area contributed by atoms with E-state index in [1.54, 1.807) is 0 Å². The average Bonchev–Trinajstić information content (AvgIpc) is 3.89. The number of nitrogens with zero attached hydrogens (tertiary/aromatic N) is 2. The molecule has 11 nitrogen and oxygen atoms in total. The van der Waals surface area contributed by atoms with E-state index in [0.717, 1.165) is 39.0 Å². The molecule has 1 aliphatic carbocycles. The Kier molecular flexibility index (Phi) is 12.4. The number of piperazine rings is 1. The van der Waals surface area contributed by atoms with Gasteiger partial charge in [-0.25, -0.2) is 18.2 Å². The molecule has 266 valence electrons. The van der Waals surface area contributed by atoms with Crippen molar-refractivity contribution in [3.63, 3.8) is 0 Å². The number of carbonyl (C=O) groups excluding carboxylic acids is 1. The lowest BCUT2D eigenvalue weighted by Crippen LogP contribution is -2.46. The van der Waals surface area contributed by atoms with Crippen LogP contribution in [0.3, 0.4) is 0 Å². The van der Waals surface area contributed by atoms with Gasteiger partial charge in [0.15, 0.2) is 23.9 Å². The molecule has 3 aromatic rings. The molecule has 1 aliphatic heterocycles. The van der Waals surface area contributed by atoms with Gasteiger partial charge in [-0.3, -0.25) is 9.62 Å². The van der Waals surface area contributed by atoms with Crippen LogP contribution in [-0.2, 0) is 21.2 Å². The number of hydrogen-bond donors (Lipinski definition) is 1. The van der Waals surface area contributed by atoms with Crippen molar-refractivity contribution < 1.29 is 45.9 Å². The molecule has 0 radical (unpaired) electrons. The number of hydrogen-bond acceptors (Lipinski definition) is 9. The van der Waals surface area contributed by atoms with E-state index in [-0.39, 0.29) is 50.7 Å². The number of esters is 1. The molecular weight excluding hydrogens is 705 g/mol. The zero-order valence-corrected chi connectivity index (χ0v) is 29.4. The summed E-state index contributed by atoms with van der Waals surface area (Å²) in [5.74, 6) is -0.501. The van der Waals surface area contributed by atoms with E-state index in [4.69, 9.17) is 37.4 Å². The highest BCUT2D eigenvalue weighted by molar-refractivity contribution is 7.92. The monoisotopic (exact) mass is 743 g/mol. The van der Waals surface area contributed by atoms with Crippen molar-refractivity contribution in [2.24, 2.45) is 5.92 Å². The maximum absolute atomic E-state index is 13.7. The van der Waals surface area contributed by atoms with Crippen LogP contribution in [0.5, 0.6) is 17.2 Å². The summed E-state index contributed by atoms with van der Waals surface area (Å²) in [5.41, 5.74) is 0.973. The summed E-state index contributed by atoms with van der Waals surface area (Å²) in [4.78, 5) is 20.8. The molecule has 5 rings (SSSR count). The maximum Gasteiger partial charge on any atom is 0.387 e. The first-order chi connectivity index (χ1) is 23.4. The van der Waals surface area contributed by atoms with E-state index in [1.165, 1.54) is 55.9 Å². The van der Waals surface area contributed by atoms with Crippen molar-refractivity contribution in [3.05, 3.63) is 75.5 Å². The van der Waals surface area contributed by atoms with E-state index in [2.05, 4.69) is 24.2 Å². The highest BCUT2D eigenvalue weighted by atomic mass is 35.5. The molecule has 2 fully saturated rings. The number of carbonyl (C=O) groups is 1. The summed E-state index contributed by atoms with van der Waals surface area (Å²) in [7, 11) is -0.399. The van der Waals surface area contributed by atoms with E-state index in [0.29, 0.717) is 30.2 Å². The largest absolute Gasteiger partial charge is 0.495 e. The summed E-state index contributed by atoms with van der Waals surface area (Å²) in [6.07, 6.45) is 3.98. The third-order valence-corrected chi connectivity index (χ3v) is 10.3. The first kappa shape index (κ1) is 36.8. The number of alkyl halides is 2. The number of aromatic nitrogens is 1. The second kappa shape index (κ2) is 16.5. The van der Waals surface area contributed by atoms with Gasteiger partial charge in [0.05, 0.1) is 30.7 Å². The maximum atomic E-state index is 13.7. The minimum absolute atomic E-state index is 0.0110. The SMILES string of the molecule is COc1ccc(C(=O)O[C@@H](Cc2c(Cl)c[nH+]cc2Cl)c2ccc(OC(F)F)c(OCC3CC3)c2)cc1NS(=O)(=O)CCN1CCN(C)CC1. The molecular formula is C33H39Cl2F2N4O7S+. The quantitative estimate of drug-likeness (QED) is 0.194. The van der Waals surface area contributed by atoms with Crippen molar-refractivity contribution in [2.45, 2.75) is 32.0 Å². The van der Waals surface area contributed by atoms with Crippen LogP contribution in [-0.4, -0.2) is 90.0 Å². The third kappa shape index (κ3) is 10.5. The second-order valence-electron chi connectivity index (χ2n) is 12.0. The van der Waals surface area contributed by atoms with Crippen molar-refractivity contribution in [1.82, 2.24) is 9.80 Å². The fourth-order valence-corrected chi connectivity index (χ4v) is 6.89. The van der Waals surface area contributed by atoms with Crippen LogP contribution < -0.4 is 23.9 Å². The number of pyridine rings is 1. The molecule has 49 heavy (non-hydrogen) atoms. The van der Waals surface area contributed by atoms with E-state index >= 15 is 0 Å². The third-order valence-electron chi connectivity index (χ3n) is 8.34. The lowest BCUT2D eigenvalue weighted by molar-refractivity contribution is -0.377. The predicted molar refractivity (Wildman–Crippen MR) is 181 cm³/mol. The molecule has 1 atom stereocenters. The minimum atomic E-state index is -3.81. The summed E-state index contributed by atoms with van der Waals surface area (Å²) in [6, 6.07) is 8.56. The molecule has 2 aliphatic rings. The van der Waals surface area contributed by atoms with Gasteiger partial charge in [-0.15, -0.1) is 0 Å². The fraction of sp³-hybridized carbons (Fsp3) is 0.455. The Balaban J connectivity index is 1.39. The molecule has 0 unspecified atom stereocenters. The van der Waals surface area contributed by atoms with Crippen LogP contribution in [0.25, 0.3) is 0 Å². The molecule has 0 bridgehead atoms. The molecule has 1 aromatic heterocycles. The van der Waals surface area contributed by atoms with E-state index in [1.807, 2.05) is 7.05 Å². The Bertz CT molecular complexity index is 1700. The minimum Gasteiger partial charge on any atom is -0.495 e. The van der Waals surface area contributed by atoms with Gasteiger partial charge in [0.2, 0.25) is 10.0 Å². The van der Waals surface area contributed by atoms with Gasteiger partial charge >= 0.3 is 12.6 Å². The molecule has 1 saturated heterocycles. The van der Waals surface area contributed by atoms with Crippen LogP contribution in [0.1, 0.15) is 40.4 Å². The highest BCUT2D eigenvalue weighted by Crippen LogP contribution is 2.38. The van der Waals surface area contributed by atoms with Crippen molar-refractivity contribution in [1.29, 1.82) is 0 Å². The fourth-order valence-electron chi connectivity index (χ4n) is 5.26. The van der Waals surface area contributed by atoms with E-state index < -0.39 is 28.7 Å². The number of sulfonamides is 1. The lowest BCUT2D eigenvalue weighted by Gasteiger charge is -2.32. The predicted octanol–water partition coefficient (Wildman–Crippen LogP) is 5.34. The number of nitrogens with one attached hydrogen (secondary N) is 2. The summed E-state index contributed by atoms with van der Waals surface area (Å²) >= 11 is 12.9. The van der Waals surface area contributed by atoms with Crippen molar-refractivity contribution in [3.8, 4) is 17.2 Å². The Morgan fingerprint density at radius 2 is 1.71 bits per heavy atom. The molecule has 2 aromatic carbocycles. The lowest BCUT2D eigenvalue weighted by atomic mass is 10.0. The van der Waals surface area contributed by atoms with Gasteiger partial charge < -0.3 is 23.8 Å². The number of aromatic amines is 1. The van der Waals surface area contributed by atoms with Crippen molar-refractivity contribution >= 4 is 44.9 Å². The van der Waals surface area contributed by atoms with Gasteiger partial charge in [-0.05, 0) is 61.7 Å². The van der Waals surface area contributed by atoms with Gasteiger partial charge in [-0.1, -0.05) is 29.3 Å². The molecule has 0 spiro atoms. The number of halogens is 4. The number of anilines is 1. The topological polar surface area (TPSA) is 121 Å². The highest BCUT2D eigenvalue weighted by Gasteiger charge is 2.27. The number of ether oxygens (including phenoxy) is 4. The number of H-pyrrole nitrogens is 1. The van der Waals surface area contributed by atoms with Crippen LogP contribution in [0.15, 0.2) is 48.8 Å². The van der Waals surface area contributed by atoms with Gasteiger partial charge in [0.1, 0.15) is 21.9 Å². The van der Waals surface area contributed by atoms with Gasteiger partial charge in [-0.2, -0.15) is 8.78 Å². The Hall–Kier alpha value is -3.43. The van der Waals surface area contributed by atoms with Crippen LogP contribution in [0.4, 0.5) is 14.5 Å². The summed E-state index contributed by atoms with van der Waals surface area (Å²) in [5, 5.41) is 0.572. The molecule has 2 heterocycles. The van der Waals surface area contributed by atoms with Crippen LogP contribution in [0.2, 0.25) is 10.0 Å². The van der Waals surface area contributed by atoms with Crippen molar-refractivity contribution in [2.75, 3.05) is 64.0 Å². The molecule has 0 amide bonds. The smallest absolute Gasteiger partial charge is 0.387 e. The number of methoxy groups -OCH3 is 1. The Morgan fingerprint density at radius 1 is 1.02 bits per heavy atom. The van der Waals surface area contributed by atoms with Gasteiger partial charge in [0, 0.05) is 44.7 Å². The van der Waals surface area contributed by atoms with Crippen LogP contribution >= 0.6 is 23.2 Å². The number of benzene rings is 2.